The van der Waals surface area contributed by atoms with E-state index in [-0.39, 0.29) is 5.41 Å². The second-order valence-corrected chi connectivity index (χ2v) is 5.09. The maximum absolute atomic E-state index is 5.69. The van der Waals surface area contributed by atoms with Crippen LogP contribution in [0.5, 0.6) is 5.75 Å². The van der Waals surface area contributed by atoms with E-state index in [4.69, 9.17) is 4.74 Å². The minimum Gasteiger partial charge on any atom is -0.490 e. The summed E-state index contributed by atoms with van der Waals surface area (Å²) in [7, 11) is 0. The Labute approximate surface area is 86.1 Å². The van der Waals surface area contributed by atoms with Crippen molar-refractivity contribution in [3.63, 3.8) is 0 Å². The molecule has 0 amide bonds. The maximum Gasteiger partial charge on any atom is 0.119 e. The van der Waals surface area contributed by atoms with Crippen LogP contribution in [0, 0.1) is 0 Å². The second-order valence-electron chi connectivity index (χ2n) is 5.09. The lowest BCUT2D eigenvalue weighted by Crippen LogP contribution is -2.10. The third-order valence-corrected chi connectivity index (χ3v) is 2.55. The van der Waals surface area contributed by atoms with Gasteiger partial charge in [-0.2, -0.15) is 0 Å². The Morgan fingerprint density at radius 3 is 2.07 bits per heavy atom. The van der Waals surface area contributed by atoms with E-state index in [1.54, 1.807) is 0 Å². The molecule has 0 aromatic heterocycles. The molecule has 1 aliphatic carbocycles. The first-order chi connectivity index (χ1) is 6.55. The molecule has 1 aromatic rings. The Morgan fingerprint density at radius 1 is 1.07 bits per heavy atom. The Morgan fingerprint density at radius 2 is 1.64 bits per heavy atom. The van der Waals surface area contributed by atoms with E-state index in [9.17, 15) is 0 Å². The fraction of sp³-hybridized carbons (Fsp3) is 0.538. The van der Waals surface area contributed by atoms with Gasteiger partial charge < -0.3 is 4.74 Å². The highest BCUT2D eigenvalue weighted by atomic mass is 16.5. The molecule has 0 saturated heterocycles. The minimum absolute atomic E-state index is 0.234. The van der Waals surface area contributed by atoms with E-state index in [0.29, 0.717) is 6.10 Å². The fourth-order valence-corrected chi connectivity index (χ4v) is 1.41. The summed E-state index contributed by atoms with van der Waals surface area (Å²) in [5.74, 6) is 1.01. The van der Waals surface area contributed by atoms with Crippen molar-refractivity contribution < 1.29 is 4.74 Å². The molecule has 1 saturated carbocycles. The highest BCUT2D eigenvalue weighted by molar-refractivity contribution is 5.31. The summed E-state index contributed by atoms with van der Waals surface area (Å²) in [6.07, 6.45) is 2.94. The first-order valence-electron chi connectivity index (χ1n) is 5.33. The SMILES string of the molecule is CC(C)(C)c1ccc(OC2CC2)cc1. The van der Waals surface area contributed by atoms with Gasteiger partial charge in [-0.15, -0.1) is 0 Å². The molecule has 1 aromatic carbocycles. The smallest absolute Gasteiger partial charge is 0.119 e. The molecule has 1 nitrogen and oxygen atoms in total. The molecule has 0 N–H and O–H groups in total. The number of hydrogen-bond donors (Lipinski definition) is 0. The molecule has 76 valence electrons. The lowest BCUT2D eigenvalue weighted by Gasteiger charge is -2.19. The fourth-order valence-electron chi connectivity index (χ4n) is 1.41. The molecule has 0 spiro atoms. The average molecular weight is 190 g/mol. The van der Waals surface area contributed by atoms with E-state index >= 15 is 0 Å². The van der Waals surface area contributed by atoms with Gasteiger partial charge in [-0.25, -0.2) is 0 Å². The van der Waals surface area contributed by atoms with Crippen molar-refractivity contribution in [2.24, 2.45) is 0 Å². The third kappa shape index (κ3) is 2.28. The van der Waals surface area contributed by atoms with Crippen LogP contribution in [0.1, 0.15) is 39.2 Å². The monoisotopic (exact) mass is 190 g/mol. The van der Waals surface area contributed by atoms with Crippen LogP contribution in [0.2, 0.25) is 0 Å². The van der Waals surface area contributed by atoms with Gasteiger partial charge in [0.2, 0.25) is 0 Å². The lowest BCUT2D eigenvalue weighted by atomic mass is 9.87. The Bertz CT molecular complexity index is 301. The van der Waals surface area contributed by atoms with Gasteiger partial charge in [0.1, 0.15) is 5.75 Å². The van der Waals surface area contributed by atoms with Gasteiger partial charge in [0.15, 0.2) is 0 Å². The summed E-state index contributed by atoms with van der Waals surface area (Å²) < 4.78 is 5.69. The predicted molar refractivity (Wildman–Crippen MR) is 58.8 cm³/mol. The molecule has 0 atom stereocenters. The van der Waals surface area contributed by atoms with Crippen molar-refractivity contribution in [3.8, 4) is 5.75 Å². The van der Waals surface area contributed by atoms with E-state index in [2.05, 4.69) is 45.0 Å². The number of benzene rings is 1. The second kappa shape index (κ2) is 3.30. The quantitative estimate of drug-likeness (QED) is 0.693. The Kier molecular flexibility index (Phi) is 2.26. The molecule has 1 heteroatoms. The summed E-state index contributed by atoms with van der Waals surface area (Å²) >= 11 is 0. The van der Waals surface area contributed by atoms with E-state index in [0.717, 1.165) is 5.75 Å². The zero-order chi connectivity index (χ0) is 10.2. The predicted octanol–water partition coefficient (Wildman–Crippen LogP) is 3.53. The van der Waals surface area contributed by atoms with E-state index in [1.807, 2.05) is 0 Å². The van der Waals surface area contributed by atoms with Crippen LogP contribution in [0.15, 0.2) is 24.3 Å². The molecule has 0 unspecified atom stereocenters. The molecule has 1 fully saturated rings. The van der Waals surface area contributed by atoms with Crippen molar-refractivity contribution in [1.82, 2.24) is 0 Å². The summed E-state index contributed by atoms with van der Waals surface area (Å²) in [5.41, 5.74) is 1.60. The van der Waals surface area contributed by atoms with Gasteiger partial charge in [-0.05, 0) is 36.0 Å². The van der Waals surface area contributed by atoms with Crippen molar-refractivity contribution >= 4 is 0 Å². The zero-order valence-corrected chi connectivity index (χ0v) is 9.21. The molecule has 0 heterocycles. The van der Waals surface area contributed by atoms with Crippen molar-refractivity contribution in [1.29, 1.82) is 0 Å². The first-order valence-corrected chi connectivity index (χ1v) is 5.33. The van der Waals surface area contributed by atoms with Crippen molar-refractivity contribution in [3.05, 3.63) is 29.8 Å². The lowest BCUT2D eigenvalue weighted by molar-refractivity contribution is 0.303. The summed E-state index contributed by atoms with van der Waals surface area (Å²) in [6, 6.07) is 8.49. The Hall–Kier alpha value is -0.980. The normalized spacial score (nSPS) is 16.8. The van der Waals surface area contributed by atoms with Crippen LogP contribution in [-0.2, 0) is 5.41 Å². The van der Waals surface area contributed by atoms with Crippen LogP contribution >= 0.6 is 0 Å². The number of hydrogen-bond acceptors (Lipinski definition) is 1. The molecule has 2 rings (SSSR count). The van der Waals surface area contributed by atoms with Crippen molar-refractivity contribution in [2.45, 2.75) is 45.1 Å². The van der Waals surface area contributed by atoms with Crippen LogP contribution < -0.4 is 4.74 Å². The topological polar surface area (TPSA) is 9.23 Å². The van der Waals surface area contributed by atoms with Gasteiger partial charge in [0, 0.05) is 0 Å². The van der Waals surface area contributed by atoms with Crippen LogP contribution in [0.3, 0.4) is 0 Å². The average Bonchev–Trinajstić information content (AvgIpc) is 2.88. The molecular formula is C13H18O. The van der Waals surface area contributed by atoms with Gasteiger partial charge >= 0.3 is 0 Å². The summed E-state index contributed by atoms with van der Waals surface area (Å²) in [4.78, 5) is 0. The molecule has 1 aliphatic rings. The molecule has 0 radical (unpaired) electrons. The van der Waals surface area contributed by atoms with Gasteiger partial charge in [-0.1, -0.05) is 32.9 Å². The van der Waals surface area contributed by atoms with Crippen molar-refractivity contribution in [2.75, 3.05) is 0 Å². The minimum atomic E-state index is 0.234. The molecule has 0 aliphatic heterocycles. The summed E-state index contributed by atoms with van der Waals surface area (Å²) in [6.45, 7) is 6.68. The number of rotatable bonds is 2. The zero-order valence-electron chi connectivity index (χ0n) is 9.21. The highest BCUT2D eigenvalue weighted by Gasteiger charge is 2.23. The van der Waals surface area contributed by atoms with E-state index < -0.39 is 0 Å². The summed E-state index contributed by atoms with van der Waals surface area (Å²) in [5, 5.41) is 0. The highest BCUT2D eigenvalue weighted by Crippen LogP contribution is 2.29. The Balaban J connectivity index is 2.08. The largest absolute Gasteiger partial charge is 0.490 e. The molecule has 14 heavy (non-hydrogen) atoms. The standard InChI is InChI=1S/C13H18O/c1-13(2,3)10-4-6-11(7-5-10)14-12-8-9-12/h4-7,12H,8-9H2,1-3H3. The maximum atomic E-state index is 5.69. The van der Waals surface area contributed by atoms with Crippen LogP contribution in [0.25, 0.3) is 0 Å². The van der Waals surface area contributed by atoms with E-state index in [1.165, 1.54) is 18.4 Å². The van der Waals surface area contributed by atoms with Crippen LogP contribution in [0.4, 0.5) is 0 Å². The molecular weight excluding hydrogens is 172 g/mol. The van der Waals surface area contributed by atoms with Gasteiger partial charge in [0.05, 0.1) is 6.10 Å². The van der Waals surface area contributed by atoms with Gasteiger partial charge in [-0.3, -0.25) is 0 Å². The number of ether oxygens (including phenoxy) is 1. The van der Waals surface area contributed by atoms with Gasteiger partial charge in [0.25, 0.3) is 0 Å². The first kappa shape index (κ1) is 9.57. The third-order valence-electron chi connectivity index (χ3n) is 2.55. The van der Waals surface area contributed by atoms with Crippen LogP contribution in [-0.4, -0.2) is 6.10 Å². The molecule has 0 bridgehead atoms.